The monoisotopic (exact) mass is 278 g/mol. The fourth-order valence-corrected chi connectivity index (χ4v) is 3.20. The molecular weight excluding hydrogens is 260 g/mol. The highest BCUT2D eigenvalue weighted by molar-refractivity contribution is 7.84. The Labute approximate surface area is 115 Å². The Morgan fingerprint density at radius 1 is 1.37 bits per heavy atom. The Morgan fingerprint density at radius 3 is 2.79 bits per heavy atom. The summed E-state index contributed by atoms with van der Waals surface area (Å²) in [6.07, 6.45) is 2.52. The van der Waals surface area contributed by atoms with Gasteiger partial charge in [0.25, 0.3) is 0 Å². The smallest absolute Gasteiger partial charge is 0.115 e. The van der Waals surface area contributed by atoms with Crippen molar-refractivity contribution in [2.75, 3.05) is 5.75 Å². The average Bonchev–Trinajstić information content (AvgIpc) is 2.76. The molecule has 0 saturated heterocycles. The van der Waals surface area contributed by atoms with Gasteiger partial charge in [-0.1, -0.05) is 6.07 Å². The van der Waals surface area contributed by atoms with E-state index in [0.717, 1.165) is 23.2 Å². The number of aryl methyl sites for hydroxylation is 3. The Morgan fingerprint density at radius 2 is 2.16 bits per heavy atom. The zero-order valence-electron chi connectivity index (χ0n) is 11.2. The lowest BCUT2D eigenvalue weighted by molar-refractivity contribution is 0.474. The minimum atomic E-state index is -0.904. The molecule has 1 aromatic heterocycles. The molecule has 0 aliphatic rings. The molecule has 1 heterocycles. The summed E-state index contributed by atoms with van der Waals surface area (Å²) in [4.78, 5) is 0. The maximum atomic E-state index is 12.1. The first-order chi connectivity index (χ1) is 9.06. The molecule has 0 aliphatic heterocycles. The Hall–Kier alpha value is -1.62. The topological polar surface area (TPSA) is 55.1 Å². The van der Waals surface area contributed by atoms with Crippen LogP contribution >= 0.6 is 0 Å². The lowest BCUT2D eigenvalue weighted by atomic mass is 10.1. The molecule has 1 atom stereocenters. The second kappa shape index (κ2) is 6.02. The number of phenols is 1. The van der Waals surface area contributed by atoms with Crippen molar-refractivity contribution in [1.82, 2.24) is 9.78 Å². The van der Waals surface area contributed by atoms with E-state index in [-0.39, 0.29) is 5.75 Å². The fourth-order valence-electron chi connectivity index (χ4n) is 1.95. The number of rotatable bonds is 5. The molecule has 4 nitrogen and oxygen atoms in total. The molecule has 1 aromatic carbocycles. The van der Waals surface area contributed by atoms with Gasteiger partial charge in [-0.25, -0.2) is 0 Å². The molecule has 0 fully saturated rings. The lowest BCUT2D eigenvalue weighted by Crippen LogP contribution is -2.07. The van der Waals surface area contributed by atoms with Gasteiger partial charge in [-0.2, -0.15) is 5.10 Å². The van der Waals surface area contributed by atoms with Crippen LogP contribution in [0, 0.1) is 6.92 Å². The first-order valence-corrected chi connectivity index (χ1v) is 7.65. The molecule has 2 aromatic rings. The molecule has 1 unspecified atom stereocenters. The molecule has 0 aliphatic carbocycles. The van der Waals surface area contributed by atoms with E-state index in [1.54, 1.807) is 18.3 Å². The zero-order valence-corrected chi connectivity index (χ0v) is 12.0. The molecule has 0 bridgehead atoms. The van der Waals surface area contributed by atoms with Crippen LogP contribution in [0.3, 0.4) is 0 Å². The highest BCUT2D eigenvalue weighted by Gasteiger charge is 2.07. The molecule has 0 amide bonds. The molecule has 5 heteroatoms. The van der Waals surface area contributed by atoms with E-state index in [1.807, 2.05) is 30.8 Å². The van der Waals surface area contributed by atoms with Crippen molar-refractivity contribution in [2.45, 2.75) is 19.1 Å². The van der Waals surface area contributed by atoms with Crippen molar-refractivity contribution in [3.63, 3.8) is 0 Å². The van der Waals surface area contributed by atoms with Gasteiger partial charge in [-0.05, 0) is 36.2 Å². The molecule has 0 spiro atoms. The van der Waals surface area contributed by atoms with E-state index in [4.69, 9.17) is 0 Å². The van der Waals surface area contributed by atoms with Gasteiger partial charge < -0.3 is 5.11 Å². The fraction of sp³-hybridized carbons (Fsp3) is 0.357. The van der Waals surface area contributed by atoms with E-state index in [0.29, 0.717) is 11.5 Å². The quantitative estimate of drug-likeness (QED) is 0.909. The number of hydrogen-bond acceptors (Lipinski definition) is 3. The highest BCUT2D eigenvalue weighted by Crippen LogP contribution is 2.17. The zero-order chi connectivity index (χ0) is 13.8. The third kappa shape index (κ3) is 3.67. The van der Waals surface area contributed by atoms with Crippen LogP contribution in [0.15, 0.2) is 30.5 Å². The Balaban J connectivity index is 1.93. The number of phenolic OH excluding ortho intramolecular Hbond substituents is 1. The van der Waals surface area contributed by atoms with Crippen molar-refractivity contribution in [1.29, 1.82) is 0 Å². The lowest BCUT2D eigenvalue weighted by Gasteiger charge is -2.07. The second-order valence-electron chi connectivity index (χ2n) is 4.60. The van der Waals surface area contributed by atoms with Crippen LogP contribution in [0.5, 0.6) is 5.75 Å². The summed E-state index contributed by atoms with van der Waals surface area (Å²) in [5.41, 5.74) is 3.10. The largest absolute Gasteiger partial charge is 0.508 e. The summed E-state index contributed by atoms with van der Waals surface area (Å²) in [6, 6.07) is 7.13. The maximum absolute atomic E-state index is 12.1. The second-order valence-corrected chi connectivity index (χ2v) is 6.17. The third-order valence-electron chi connectivity index (χ3n) is 3.15. The van der Waals surface area contributed by atoms with Gasteiger partial charge >= 0.3 is 0 Å². The van der Waals surface area contributed by atoms with Crippen molar-refractivity contribution in [3.05, 3.63) is 47.3 Å². The van der Waals surface area contributed by atoms with Crippen LogP contribution in [-0.4, -0.2) is 24.8 Å². The van der Waals surface area contributed by atoms with Gasteiger partial charge in [-0.15, -0.1) is 0 Å². The highest BCUT2D eigenvalue weighted by atomic mass is 32.2. The summed E-state index contributed by atoms with van der Waals surface area (Å²) in [5.74, 6) is 1.41. The third-order valence-corrected chi connectivity index (χ3v) is 4.44. The van der Waals surface area contributed by atoms with E-state index < -0.39 is 10.8 Å². The van der Waals surface area contributed by atoms with Crippen LogP contribution in [-0.2, 0) is 30.0 Å². The summed E-state index contributed by atoms with van der Waals surface area (Å²) >= 11 is 0. The van der Waals surface area contributed by atoms with Gasteiger partial charge in [-0.3, -0.25) is 8.89 Å². The Kier molecular flexibility index (Phi) is 4.37. The first kappa shape index (κ1) is 13.8. The van der Waals surface area contributed by atoms with Gasteiger partial charge in [0.05, 0.1) is 0 Å². The van der Waals surface area contributed by atoms with Crippen molar-refractivity contribution < 1.29 is 9.32 Å². The molecule has 102 valence electrons. The summed E-state index contributed by atoms with van der Waals surface area (Å²) in [6.45, 7) is 1.92. The van der Waals surface area contributed by atoms with Gasteiger partial charge in [0.15, 0.2) is 0 Å². The molecular formula is C14H18N2O2S. The van der Waals surface area contributed by atoms with Crippen LogP contribution in [0.4, 0.5) is 0 Å². The van der Waals surface area contributed by atoms with Crippen molar-refractivity contribution in [3.8, 4) is 5.75 Å². The van der Waals surface area contributed by atoms with Crippen LogP contribution in [0.2, 0.25) is 0 Å². The maximum Gasteiger partial charge on any atom is 0.115 e. The standard InChI is InChI=1S/C14H18N2O2S/c1-11-9-14(17)4-3-12(11)10-19(18)8-6-13-5-7-15-16(13)2/h3-5,7,9,17H,6,8,10H2,1-2H3. The van der Waals surface area contributed by atoms with Gasteiger partial charge in [0, 0.05) is 47.7 Å². The summed E-state index contributed by atoms with van der Waals surface area (Å²) < 4.78 is 13.9. The predicted octanol–water partition coefficient (Wildman–Crippen LogP) is 1.93. The first-order valence-electron chi connectivity index (χ1n) is 6.16. The molecule has 19 heavy (non-hydrogen) atoms. The molecule has 0 radical (unpaired) electrons. The van der Waals surface area contributed by atoms with Gasteiger partial charge in [0.1, 0.15) is 5.75 Å². The minimum Gasteiger partial charge on any atom is -0.508 e. The van der Waals surface area contributed by atoms with Crippen molar-refractivity contribution >= 4 is 10.8 Å². The van der Waals surface area contributed by atoms with E-state index >= 15 is 0 Å². The summed E-state index contributed by atoms with van der Waals surface area (Å²) in [7, 11) is 0.988. The van der Waals surface area contributed by atoms with Crippen molar-refractivity contribution in [2.24, 2.45) is 7.05 Å². The van der Waals surface area contributed by atoms with Gasteiger partial charge in [0.2, 0.25) is 0 Å². The number of aromatic nitrogens is 2. The normalized spacial score (nSPS) is 12.5. The van der Waals surface area contributed by atoms with Crippen LogP contribution < -0.4 is 0 Å². The average molecular weight is 278 g/mol. The van der Waals surface area contributed by atoms with E-state index in [9.17, 15) is 9.32 Å². The van der Waals surface area contributed by atoms with Crippen LogP contribution in [0.25, 0.3) is 0 Å². The molecule has 0 saturated carbocycles. The Bertz CT molecular complexity index is 593. The molecule has 1 N–H and O–H groups in total. The molecule has 2 rings (SSSR count). The van der Waals surface area contributed by atoms with Crippen LogP contribution in [0.1, 0.15) is 16.8 Å². The summed E-state index contributed by atoms with van der Waals surface area (Å²) in [5, 5.41) is 13.4. The number of hydrogen-bond donors (Lipinski definition) is 1. The van der Waals surface area contributed by atoms with E-state index in [2.05, 4.69) is 5.10 Å². The number of benzene rings is 1. The predicted molar refractivity (Wildman–Crippen MR) is 76.5 cm³/mol. The number of aromatic hydroxyl groups is 1. The SMILES string of the molecule is Cc1cc(O)ccc1CS(=O)CCc1ccnn1C. The number of nitrogens with zero attached hydrogens (tertiary/aromatic N) is 2. The minimum absolute atomic E-state index is 0.252. The van der Waals surface area contributed by atoms with E-state index in [1.165, 1.54) is 0 Å².